The van der Waals surface area contributed by atoms with E-state index in [2.05, 4.69) is 0 Å². The first-order valence-electron chi connectivity index (χ1n) is 6.55. The lowest BCUT2D eigenvalue weighted by molar-refractivity contribution is 0.0695. The maximum absolute atomic E-state index is 11.4. The van der Waals surface area contributed by atoms with Crippen LogP contribution < -0.4 is 4.74 Å². The minimum atomic E-state index is -0.972. The Morgan fingerprint density at radius 2 is 2.00 bits per heavy atom. The highest BCUT2D eigenvalue weighted by Crippen LogP contribution is 2.24. The molecule has 0 aliphatic carbocycles. The zero-order valence-electron chi connectivity index (χ0n) is 11.5. The molecule has 0 aliphatic rings. The van der Waals surface area contributed by atoms with E-state index in [0.717, 1.165) is 16.7 Å². The Morgan fingerprint density at radius 3 is 2.71 bits per heavy atom. The molecule has 0 aliphatic heterocycles. The third-order valence-corrected chi connectivity index (χ3v) is 3.39. The average Bonchev–Trinajstić information content (AvgIpc) is 2.89. The van der Waals surface area contributed by atoms with Crippen molar-refractivity contribution in [2.24, 2.45) is 0 Å². The van der Waals surface area contributed by atoms with Crippen LogP contribution in [0.2, 0.25) is 0 Å². The summed E-state index contributed by atoms with van der Waals surface area (Å²) in [6.45, 7) is 0. The number of fused-ring (bicyclic) bond motifs is 1. The largest absolute Gasteiger partial charge is 0.497 e. The molecule has 1 heterocycles. The van der Waals surface area contributed by atoms with Gasteiger partial charge in [0.2, 0.25) is 0 Å². The average molecular weight is 282 g/mol. The number of benzene rings is 2. The number of hydrogen-bond donors (Lipinski definition) is 1. The van der Waals surface area contributed by atoms with Gasteiger partial charge < -0.3 is 14.3 Å². The molecule has 21 heavy (non-hydrogen) atoms. The molecule has 0 amide bonds. The Hall–Kier alpha value is -2.75. The van der Waals surface area contributed by atoms with Crippen molar-refractivity contribution in [3.05, 3.63) is 65.4 Å². The lowest BCUT2D eigenvalue weighted by atomic mass is 10.0. The molecule has 3 aromatic rings. The van der Waals surface area contributed by atoms with E-state index >= 15 is 0 Å². The first kappa shape index (κ1) is 13.2. The summed E-state index contributed by atoms with van der Waals surface area (Å²) in [5, 5.41) is 10.3. The molecule has 1 aromatic heterocycles. The van der Waals surface area contributed by atoms with Crippen molar-refractivity contribution in [1.82, 2.24) is 0 Å². The molecule has 1 N–H and O–H groups in total. The summed E-state index contributed by atoms with van der Waals surface area (Å²) in [5.74, 6) is 0.296. The molecule has 0 saturated heterocycles. The molecule has 0 fully saturated rings. The van der Waals surface area contributed by atoms with Gasteiger partial charge in [-0.15, -0.1) is 0 Å². The molecule has 4 nitrogen and oxygen atoms in total. The van der Waals surface area contributed by atoms with Gasteiger partial charge in [-0.2, -0.15) is 0 Å². The van der Waals surface area contributed by atoms with E-state index in [4.69, 9.17) is 9.15 Å². The third kappa shape index (κ3) is 2.60. The molecule has 0 spiro atoms. The Kier molecular flexibility index (Phi) is 3.36. The normalized spacial score (nSPS) is 10.7. The van der Waals surface area contributed by atoms with Gasteiger partial charge in [-0.25, -0.2) is 4.79 Å². The SMILES string of the molecule is COc1ccc(Cc2cc3ccccc3o2)c(C(=O)O)c1. The third-order valence-electron chi connectivity index (χ3n) is 3.39. The van der Waals surface area contributed by atoms with Gasteiger partial charge in [-0.05, 0) is 29.8 Å². The van der Waals surface area contributed by atoms with E-state index in [9.17, 15) is 9.90 Å². The van der Waals surface area contributed by atoms with E-state index in [1.165, 1.54) is 13.2 Å². The van der Waals surface area contributed by atoms with Crippen LogP contribution >= 0.6 is 0 Å². The number of carboxylic acids is 1. The maximum Gasteiger partial charge on any atom is 0.336 e. The van der Waals surface area contributed by atoms with E-state index in [1.807, 2.05) is 30.3 Å². The van der Waals surface area contributed by atoms with Crippen molar-refractivity contribution < 1.29 is 19.1 Å². The molecule has 0 radical (unpaired) electrons. The first-order chi connectivity index (χ1) is 10.2. The molecule has 2 aromatic carbocycles. The van der Waals surface area contributed by atoms with Gasteiger partial charge in [0.05, 0.1) is 12.7 Å². The Labute approximate surface area is 121 Å². The minimum absolute atomic E-state index is 0.231. The quantitative estimate of drug-likeness (QED) is 0.792. The lowest BCUT2D eigenvalue weighted by Crippen LogP contribution is -2.03. The molecule has 106 valence electrons. The van der Waals surface area contributed by atoms with Crippen LogP contribution in [0.15, 0.2) is 52.9 Å². The van der Waals surface area contributed by atoms with Crippen LogP contribution in [0.1, 0.15) is 21.7 Å². The van der Waals surface area contributed by atoms with Gasteiger partial charge in [0.15, 0.2) is 0 Å². The van der Waals surface area contributed by atoms with E-state index in [1.54, 1.807) is 12.1 Å². The van der Waals surface area contributed by atoms with Crippen molar-refractivity contribution in [3.8, 4) is 5.75 Å². The van der Waals surface area contributed by atoms with Gasteiger partial charge in [-0.1, -0.05) is 24.3 Å². The zero-order chi connectivity index (χ0) is 14.8. The van der Waals surface area contributed by atoms with Crippen LogP contribution in [0.3, 0.4) is 0 Å². The van der Waals surface area contributed by atoms with Crippen molar-refractivity contribution in [3.63, 3.8) is 0 Å². The number of furan rings is 1. The maximum atomic E-state index is 11.4. The number of para-hydroxylation sites is 1. The van der Waals surface area contributed by atoms with Gasteiger partial charge >= 0.3 is 5.97 Å². The highest BCUT2D eigenvalue weighted by Gasteiger charge is 2.14. The Morgan fingerprint density at radius 1 is 1.19 bits per heavy atom. The smallest absolute Gasteiger partial charge is 0.336 e. The predicted octanol–water partition coefficient (Wildman–Crippen LogP) is 3.73. The molecule has 0 atom stereocenters. The second kappa shape index (κ2) is 5.32. The van der Waals surface area contributed by atoms with Crippen LogP contribution in [0.5, 0.6) is 5.75 Å². The first-order valence-corrected chi connectivity index (χ1v) is 6.55. The summed E-state index contributed by atoms with van der Waals surface area (Å²) in [6, 6.07) is 14.7. The predicted molar refractivity (Wildman–Crippen MR) is 79.0 cm³/mol. The molecular formula is C17H14O4. The molecule has 0 unspecified atom stereocenters. The van der Waals surface area contributed by atoms with Crippen LogP contribution in [-0.2, 0) is 6.42 Å². The highest BCUT2D eigenvalue weighted by atomic mass is 16.5. The molecular weight excluding hydrogens is 268 g/mol. The van der Waals surface area contributed by atoms with Gasteiger partial charge in [-0.3, -0.25) is 0 Å². The molecule has 3 rings (SSSR count). The van der Waals surface area contributed by atoms with E-state index in [0.29, 0.717) is 17.7 Å². The topological polar surface area (TPSA) is 59.7 Å². The zero-order valence-corrected chi connectivity index (χ0v) is 11.5. The summed E-state index contributed by atoms with van der Waals surface area (Å²) in [5.41, 5.74) is 1.73. The number of methoxy groups -OCH3 is 1. The highest BCUT2D eigenvalue weighted by molar-refractivity contribution is 5.90. The fraction of sp³-hybridized carbons (Fsp3) is 0.118. The second-order valence-electron chi connectivity index (χ2n) is 4.76. The van der Waals surface area contributed by atoms with Gasteiger partial charge in [0.25, 0.3) is 0 Å². The fourth-order valence-electron chi connectivity index (χ4n) is 2.35. The van der Waals surface area contributed by atoms with Gasteiger partial charge in [0, 0.05) is 11.8 Å². The van der Waals surface area contributed by atoms with Crippen LogP contribution in [0.4, 0.5) is 0 Å². The van der Waals surface area contributed by atoms with E-state index < -0.39 is 5.97 Å². The van der Waals surface area contributed by atoms with Crippen LogP contribution in [0.25, 0.3) is 11.0 Å². The Balaban J connectivity index is 1.98. The minimum Gasteiger partial charge on any atom is -0.497 e. The summed E-state index contributed by atoms with van der Waals surface area (Å²) >= 11 is 0. The number of carboxylic acid groups (broad SMARTS) is 1. The number of hydrogen-bond acceptors (Lipinski definition) is 3. The number of rotatable bonds is 4. The lowest BCUT2D eigenvalue weighted by Gasteiger charge is -2.07. The van der Waals surface area contributed by atoms with Crippen molar-refractivity contribution in [2.45, 2.75) is 6.42 Å². The van der Waals surface area contributed by atoms with Crippen molar-refractivity contribution in [1.29, 1.82) is 0 Å². The summed E-state index contributed by atoms with van der Waals surface area (Å²) < 4.78 is 10.8. The molecule has 0 bridgehead atoms. The second-order valence-corrected chi connectivity index (χ2v) is 4.76. The standard InChI is InChI=1S/C17H14O4/c1-20-13-7-6-11(15(10-13)17(18)19)8-14-9-12-4-2-3-5-16(12)21-14/h2-7,9-10H,8H2,1H3,(H,18,19). The molecule has 4 heteroatoms. The van der Waals surface area contributed by atoms with Crippen molar-refractivity contribution >= 4 is 16.9 Å². The summed E-state index contributed by atoms with van der Waals surface area (Å²) in [6.07, 6.45) is 0.431. The summed E-state index contributed by atoms with van der Waals surface area (Å²) in [4.78, 5) is 11.4. The Bertz CT molecular complexity index is 768. The molecule has 0 saturated carbocycles. The van der Waals surface area contributed by atoms with Crippen molar-refractivity contribution in [2.75, 3.05) is 7.11 Å². The van der Waals surface area contributed by atoms with Crippen LogP contribution in [0, 0.1) is 0 Å². The van der Waals surface area contributed by atoms with Gasteiger partial charge in [0.1, 0.15) is 17.1 Å². The number of ether oxygens (including phenoxy) is 1. The fourth-order valence-corrected chi connectivity index (χ4v) is 2.35. The van der Waals surface area contributed by atoms with E-state index in [-0.39, 0.29) is 5.56 Å². The monoisotopic (exact) mass is 282 g/mol. The number of aromatic carboxylic acids is 1. The summed E-state index contributed by atoms with van der Waals surface area (Å²) in [7, 11) is 1.51. The van der Waals surface area contributed by atoms with Crippen LogP contribution in [-0.4, -0.2) is 18.2 Å². The number of carbonyl (C=O) groups is 1.